The van der Waals surface area contributed by atoms with Gasteiger partial charge in [0.25, 0.3) is 10.0 Å². The summed E-state index contributed by atoms with van der Waals surface area (Å²) >= 11 is 0. The van der Waals surface area contributed by atoms with E-state index in [4.69, 9.17) is 0 Å². The molecule has 0 radical (unpaired) electrons. The SMILES string of the molecule is CNc1cccnc1S(=O)(=O)NCC1CCCC1. The Morgan fingerprint density at radius 1 is 1.39 bits per heavy atom. The van der Waals surface area contributed by atoms with Gasteiger partial charge >= 0.3 is 0 Å². The standard InChI is InChI=1S/C12H19N3O2S/c1-13-11-7-4-8-14-12(11)18(16,17)15-9-10-5-2-3-6-10/h4,7-8,10,13,15H,2-3,5-6,9H2,1H3. The Hall–Kier alpha value is -1.14. The third kappa shape index (κ3) is 3.00. The van der Waals surface area contributed by atoms with Crippen LogP contribution in [0, 0.1) is 5.92 Å². The molecule has 18 heavy (non-hydrogen) atoms. The summed E-state index contributed by atoms with van der Waals surface area (Å²) in [5, 5.41) is 2.92. The zero-order valence-electron chi connectivity index (χ0n) is 10.5. The summed E-state index contributed by atoms with van der Waals surface area (Å²) in [5.74, 6) is 0.474. The van der Waals surface area contributed by atoms with Crippen LogP contribution in [0.3, 0.4) is 0 Å². The number of hydrogen-bond acceptors (Lipinski definition) is 4. The lowest BCUT2D eigenvalue weighted by molar-refractivity contribution is 0.518. The summed E-state index contributed by atoms with van der Waals surface area (Å²) in [6, 6.07) is 3.42. The van der Waals surface area contributed by atoms with Gasteiger partial charge in [-0.25, -0.2) is 18.1 Å². The van der Waals surface area contributed by atoms with Gasteiger partial charge in [-0.05, 0) is 30.9 Å². The molecule has 1 heterocycles. The van der Waals surface area contributed by atoms with E-state index in [1.165, 1.54) is 19.0 Å². The predicted octanol–water partition coefficient (Wildman–Crippen LogP) is 1.59. The van der Waals surface area contributed by atoms with Crippen LogP contribution in [-0.4, -0.2) is 27.0 Å². The first-order chi connectivity index (χ1) is 8.63. The summed E-state index contributed by atoms with van der Waals surface area (Å²) in [4.78, 5) is 3.95. The number of pyridine rings is 1. The number of rotatable bonds is 5. The normalized spacial score (nSPS) is 16.9. The Kier molecular flexibility index (Phi) is 4.19. The molecule has 6 heteroatoms. The van der Waals surface area contributed by atoms with Crippen LogP contribution in [0.2, 0.25) is 0 Å². The fourth-order valence-corrected chi connectivity index (χ4v) is 3.56. The summed E-state index contributed by atoms with van der Waals surface area (Å²) in [7, 11) is -1.83. The molecule has 100 valence electrons. The summed E-state index contributed by atoms with van der Waals surface area (Å²) in [5.41, 5.74) is 0.524. The fourth-order valence-electron chi connectivity index (χ4n) is 2.31. The Morgan fingerprint density at radius 2 is 2.11 bits per heavy atom. The van der Waals surface area contributed by atoms with Crippen LogP contribution in [-0.2, 0) is 10.0 Å². The van der Waals surface area contributed by atoms with Crippen molar-refractivity contribution in [3.63, 3.8) is 0 Å². The molecule has 1 fully saturated rings. The number of sulfonamides is 1. The zero-order chi connectivity index (χ0) is 13.0. The van der Waals surface area contributed by atoms with Crippen LogP contribution in [0.1, 0.15) is 25.7 Å². The molecule has 5 nitrogen and oxygen atoms in total. The Labute approximate surface area is 108 Å². The van der Waals surface area contributed by atoms with Crippen molar-refractivity contribution < 1.29 is 8.42 Å². The van der Waals surface area contributed by atoms with Crippen LogP contribution in [0.5, 0.6) is 0 Å². The van der Waals surface area contributed by atoms with Crippen molar-refractivity contribution in [1.29, 1.82) is 0 Å². The molecule has 2 N–H and O–H groups in total. The molecule has 0 amide bonds. The van der Waals surface area contributed by atoms with E-state index in [0.717, 1.165) is 12.8 Å². The molecular weight excluding hydrogens is 250 g/mol. The predicted molar refractivity (Wildman–Crippen MR) is 70.9 cm³/mol. The third-order valence-electron chi connectivity index (χ3n) is 3.33. The largest absolute Gasteiger partial charge is 0.386 e. The maximum atomic E-state index is 12.2. The molecule has 1 aliphatic rings. The number of aromatic nitrogens is 1. The number of anilines is 1. The highest BCUT2D eigenvalue weighted by Crippen LogP contribution is 2.24. The van der Waals surface area contributed by atoms with Crippen LogP contribution in [0.15, 0.2) is 23.4 Å². The molecule has 0 saturated heterocycles. The van der Waals surface area contributed by atoms with Gasteiger partial charge in [0.15, 0.2) is 5.03 Å². The Morgan fingerprint density at radius 3 is 2.78 bits per heavy atom. The highest BCUT2D eigenvalue weighted by atomic mass is 32.2. The number of hydrogen-bond donors (Lipinski definition) is 2. The van der Waals surface area contributed by atoms with Crippen molar-refractivity contribution in [3.05, 3.63) is 18.3 Å². The van der Waals surface area contributed by atoms with Crippen molar-refractivity contribution in [2.75, 3.05) is 18.9 Å². The van der Waals surface area contributed by atoms with Crippen molar-refractivity contribution in [2.45, 2.75) is 30.7 Å². The molecule has 0 unspecified atom stereocenters. The molecule has 2 rings (SSSR count). The molecule has 0 atom stereocenters. The van der Waals surface area contributed by atoms with Gasteiger partial charge in [0.1, 0.15) is 0 Å². The average Bonchev–Trinajstić information content (AvgIpc) is 2.89. The minimum Gasteiger partial charge on any atom is -0.386 e. The molecular formula is C12H19N3O2S. The van der Waals surface area contributed by atoms with Gasteiger partial charge in [-0.1, -0.05) is 12.8 Å². The van der Waals surface area contributed by atoms with Crippen LogP contribution in [0.4, 0.5) is 5.69 Å². The van der Waals surface area contributed by atoms with E-state index in [1.807, 2.05) is 0 Å². The summed E-state index contributed by atoms with van der Waals surface area (Å²) < 4.78 is 27.0. The Bertz CT molecular complexity index is 496. The third-order valence-corrected chi connectivity index (χ3v) is 4.71. The van der Waals surface area contributed by atoms with Gasteiger partial charge in [0.2, 0.25) is 0 Å². The number of nitrogens with one attached hydrogen (secondary N) is 2. The average molecular weight is 269 g/mol. The molecule has 0 spiro atoms. The van der Waals surface area contributed by atoms with Crippen molar-refractivity contribution >= 4 is 15.7 Å². The van der Waals surface area contributed by atoms with Crippen LogP contribution >= 0.6 is 0 Å². The molecule has 1 aromatic rings. The van der Waals surface area contributed by atoms with Crippen LogP contribution in [0.25, 0.3) is 0 Å². The van der Waals surface area contributed by atoms with Gasteiger partial charge < -0.3 is 5.32 Å². The molecule has 1 aromatic heterocycles. The lowest BCUT2D eigenvalue weighted by atomic mass is 10.1. The van der Waals surface area contributed by atoms with E-state index in [0.29, 0.717) is 18.2 Å². The van der Waals surface area contributed by atoms with E-state index in [9.17, 15) is 8.42 Å². The van der Waals surface area contributed by atoms with Crippen molar-refractivity contribution in [1.82, 2.24) is 9.71 Å². The molecule has 1 saturated carbocycles. The lowest BCUT2D eigenvalue weighted by Crippen LogP contribution is -2.29. The molecule has 0 bridgehead atoms. The lowest BCUT2D eigenvalue weighted by Gasteiger charge is -2.12. The van der Waals surface area contributed by atoms with E-state index >= 15 is 0 Å². The first-order valence-electron chi connectivity index (χ1n) is 6.26. The summed E-state index contributed by atoms with van der Waals surface area (Å²) in [6.45, 7) is 0.516. The number of nitrogens with zero attached hydrogens (tertiary/aromatic N) is 1. The second-order valence-corrected chi connectivity index (χ2v) is 6.29. The highest BCUT2D eigenvalue weighted by Gasteiger charge is 2.22. The quantitative estimate of drug-likeness (QED) is 0.851. The smallest absolute Gasteiger partial charge is 0.260 e. The van der Waals surface area contributed by atoms with E-state index in [-0.39, 0.29) is 5.03 Å². The highest BCUT2D eigenvalue weighted by molar-refractivity contribution is 7.89. The maximum absolute atomic E-state index is 12.2. The van der Waals surface area contributed by atoms with Crippen molar-refractivity contribution in [2.24, 2.45) is 5.92 Å². The van der Waals surface area contributed by atoms with Crippen molar-refractivity contribution in [3.8, 4) is 0 Å². The zero-order valence-corrected chi connectivity index (χ0v) is 11.3. The second kappa shape index (κ2) is 5.67. The minimum atomic E-state index is -3.51. The molecule has 0 aromatic carbocycles. The fraction of sp³-hybridized carbons (Fsp3) is 0.583. The first kappa shape index (κ1) is 13.3. The van der Waals surface area contributed by atoms with E-state index in [1.54, 1.807) is 19.2 Å². The topological polar surface area (TPSA) is 71.1 Å². The van der Waals surface area contributed by atoms with Gasteiger partial charge in [-0.15, -0.1) is 0 Å². The minimum absolute atomic E-state index is 0.0745. The van der Waals surface area contributed by atoms with E-state index in [2.05, 4.69) is 15.0 Å². The summed E-state index contributed by atoms with van der Waals surface area (Å²) in [6.07, 6.45) is 6.13. The monoisotopic (exact) mass is 269 g/mol. The molecule has 0 aliphatic heterocycles. The second-order valence-electron chi connectivity index (χ2n) is 4.61. The molecule has 1 aliphatic carbocycles. The Balaban J connectivity index is 2.09. The van der Waals surface area contributed by atoms with E-state index < -0.39 is 10.0 Å². The van der Waals surface area contributed by atoms with Gasteiger partial charge in [-0.3, -0.25) is 0 Å². The van der Waals surface area contributed by atoms with Crippen LogP contribution < -0.4 is 10.0 Å². The maximum Gasteiger partial charge on any atom is 0.260 e. The van der Waals surface area contributed by atoms with Gasteiger partial charge in [-0.2, -0.15) is 0 Å². The van der Waals surface area contributed by atoms with Gasteiger partial charge in [0, 0.05) is 19.8 Å². The first-order valence-corrected chi connectivity index (χ1v) is 7.74. The van der Waals surface area contributed by atoms with Gasteiger partial charge in [0.05, 0.1) is 5.69 Å².